The molecule has 0 radical (unpaired) electrons. The molecule has 6 nitrogen and oxygen atoms in total. The number of rotatable bonds is 6. The van der Waals surface area contributed by atoms with Crippen LogP contribution in [-0.4, -0.2) is 52.7 Å². The van der Waals surface area contributed by atoms with Crippen LogP contribution >= 0.6 is 0 Å². The molecule has 1 unspecified atom stereocenters. The number of hydrogen-bond acceptors (Lipinski definition) is 3. The molecule has 1 atom stereocenters. The lowest BCUT2D eigenvalue weighted by atomic mass is 10.0. The van der Waals surface area contributed by atoms with E-state index in [1.807, 2.05) is 66.4 Å². The van der Waals surface area contributed by atoms with Crippen molar-refractivity contribution >= 4 is 17.7 Å². The van der Waals surface area contributed by atoms with Gasteiger partial charge in [-0.2, -0.15) is 0 Å². The van der Waals surface area contributed by atoms with Crippen LogP contribution in [-0.2, 0) is 27.3 Å². The molecule has 0 bridgehead atoms. The van der Waals surface area contributed by atoms with Gasteiger partial charge in [0.15, 0.2) is 0 Å². The Morgan fingerprint density at radius 3 is 2.41 bits per heavy atom. The number of piperidine rings is 1. The van der Waals surface area contributed by atoms with Crippen molar-refractivity contribution in [1.82, 2.24) is 15.1 Å². The standard InChI is InChI=1S/C26H31N3O3/c1-19-6-5-9-21(16-19)17-25(31)28-14-12-22(13-15-28)29-23(10-11-24(29)30)26(32)27-18-20-7-3-2-4-8-20/h2-9,16,22-23H,10-15,17-18H2,1H3,(H,27,32). The van der Waals surface area contributed by atoms with E-state index in [1.54, 1.807) is 4.90 Å². The van der Waals surface area contributed by atoms with Gasteiger partial charge in [-0.3, -0.25) is 14.4 Å². The summed E-state index contributed by atoms with van der Waals surface area (Å²) >= 11 is 0. The van der Waals surface area contributed by atoms with Crippen LogP contribution in [0.25, 0.3) is 0 Å². The minimum absolute atomic E-state index is 0.0143. The molecule has 0 saturated carbocycles. The van der Waals surface area contributed by atoms with Crippen molar-refractivity contribution in [2.75, 3.05) is 13.1 Å². The van der Waals surface area contributed by atoms with Gasteiger partial charge in [0.1, 0.15) is 6.04 Å². The zero-order chi connectivity index (χ0) is 22.5. The smallest absolute Gasteiger partial charge is 0.243 e. The molecule has 2 aromatic rings. The Labute approximate surface area is 189 Å². The third-order valence-corrected chi connectivity index (χ3v) is 6.52. The minimum atomic E-state index is -0.411. The van der Waals surface area contributed by atoms with Gasteiger partial charge in [-0.05, 0) is 37.3 Å². The lowest BCUT2D eigenvalue weighted by Crippen LogP contribution is -2.53. The van der Waals surface area contributed by atoms with E-state index in [4.69, 9.17) is 0 Å². The van der Waals surface area contributed by atoms with Crippen molar-refractivity contribution in [3.63, 3.8) is 0 Å². The van der Waals surface area contributed by atoms with E-state index in [0.29, 0.717) is 51.7 Å². The normalized spacial score (nSPS) is 19.3. The number of carbonyl (C=O) groups excluding carboxylic acids is 3. The number of aryl methyl sites for hydroxylation is 1. The van der Waals surface area contributed by atoms with Crippen LogP contribution in [0.4, 0.5) is 0 Å². The van der Waals surface area contributed by atoms with E-state index in [9.17, 15) is 14.4 Å². The summed E-state index contributed by atoms with van der Waals surface area (Å²) in [7, 11) is 0. The van der Waals surface area contributed by atoms with Gasteiger partial charge < -0.3 is 15.1 Å². The fourth-order valence-corrected chi connectivity index (χ4v) is 4.82. The van der Waals surface area contributed by atoms with Crippen LogP contribution in [0.5, 0.6) is 0 Å². The molecule has 0 spiro atoms. The first kappa shape index (κ1) is 22.1. The highest BCUT2D eigenvalue weighted by Crippen LogP contribution is 2.27. The van der Waals surface area contributed by atoms with Crippen molar-refractivity contribution in [2.45, 2.75) is 57.7 Å². The maximum atomic E-state index is 12.9. The van der Waals surface area contributed by atoms with Gasteiger partial charge in [-0.15, -0.1) is 0 Å². The summed E-state index contributed by atoms with van der Waals surface area (Å²) in [5.41, 5.74) is 3.22. The van der Waals surface area contributed by atoms with E-state index in [-0.39, 0.29) is 23.8 Å². The summed E-state index contributed by atoms with van der Waals surface area (Å²) in [6, 6.07) is 17.4. The molecule has 0 aliphatic carbocycles. The number of benzene rings is 2. The largest absolute Gasteiger partial charge is 0.350 e. The van der Waals surface area contributed by atoms with Crippen LogP contribution < -0.4 is 5.32 Å². The number of amides is 3. The molecule has 2 saturated heterocycles. The summed E-state index contributed by atoms with van der Waals surface area (Å²) in [5, 5.41) is 2.99. The lowest BCUT2D eigenvalue weighted by molar-refractivity contribution is -0.140. The number of hydrogen-bond donors (Lipinski definition) is 1. The summed E-state index contributed by atoms with van der Waals surface area (Å²) in [5.74, 6) is 0.0889. The predicted octanol–water partition coefficient (Wildman–Crippen LogP) is 2.84. The highest BCUT2D eigenvalue weighted by molar-refractivity contribution is 5.91. The van der Waals surface area contributed by atoms with Gasteiger partial charge >= 0.3 is 0 Å². The molecule has 32 heavy (non-hydrogen) atoms. The molecule has 1 N–H and O–H groups in total. The predicted molar refractivity (Wildman–Crippen MR) is 123 cm³/mol. The van der Waals surface area contributed by atoms with Crippen molar-refractivity contribution in [2.24, 2.45) is 0 Å². The van der Waals surface area contributed by atoms with Gasteiger partial charge in [-0.1, -0.05) is 60.2 Å². The van der Waals surface area contributed by atoms with Crippen LogP contribution in [0.3, 0.4) is 0 Å². The van der Waals surface area contributed by atoms with Gasteiger partial charge in [0.2, 0.25) is 17.7 Å². The molecule has 168 valence electrons. The second-order valence-electron chi connectivity index (χ2n) is 8.84. The molecular formula is C26H31N3O3. The fourth-order valence-electron chi connectivity index (χ4n) is 4.82. The molecule has 2 fully saturated rings. The van der Waals surface area contributed by atoms with E-state index in [0.717, 1.165) is 16.7 Å². The minimum Gasteiger partial charge on any atom is -0.350 e. The first-order valence-corrected chi connectivity index (χ1v) is 11.5. The van der Waals surface area contributed by atoms with Gasteiger partial charge in [-0.25, -0.2) is 0 Å². The summed E-state index contributed by atoms with van der Waals surface area (Å²) in [4.78, 5) is 41.9. The highest BCUT2D eigenvalue weighted by atomic mass is 16.2. The summed E-state index contributed by atoms with van der Waals surface area (Å²) in [6.45, 7) is 3.73. The molecule has 0 aromatic heterocycles. The van der Waals surface area contributed by atoms with E-state index >= 15 is 0 Å². The fraction of sp³-hybridized carbons (Fsp3) is 0.423. The molecule has 2 heterocycles. The molecule has 2 aromatic carbocycles. The third kappa shape index (κ3) is 5.18. The summed E-state index contributed by atoms with van der Waals surface area (Å²) in [6.07, 6.45) is 2.81. The molecule has 2 aliphatic heterocycles. The third-order valence-electron chi connectivity index (χ3n) is 6.52. The maximum absolute atomic E-state index is 12.9. The van der Waals surface area contributed by atoms with Crippen LogP contribution in [0.2, 0.25) is 0 Å². The highest BCUT2D eigenvalue weighted by Gasteiger charge is 2.41. The number of nitrogens with one attached hydrogen (secondary N) is 1. The van der Waals surface area contributed by atoms with E-state index in [1.165, 1.54) is 0 Å². The lowest BCUT2D eigenvalue weighted by Gasteiger charge is -2.39. The first-order valence-electron chi connectivity index (χ1n) is 11.5. The van der Waals surface area contributed by atoms with Gasteiger partial charge in [0.25, 0.3) is 0 Å². The average Bonchev–Trinajstić information content (AvgIpc) is 3.19. The quantitative estimate of drug-likeness (QED) is 0.762. The topological polar surface area (TPSA) is 69.7 Å². The first-order chi connectivity index (χ1) is 15.5. The monoisotopic (exact) mass is 433 g/mol. The SMILES string of the molecule is Cc1cccc(CC(=O)N2CCC(N3C(=O)CCC3C(=O)NCc3ccccc3)CC2)c1. The van der Waals surface area contributed by atoms with Crippen molar-refractivity contribution in [3.8, 4) is 0 Å². The Morgan fingerprint density at radius 2 is 1.69 bits per heavy atom. The second-order valence-corrected chi connectivity index (χ2v) is 8.84. The molecular weight excluding hydrogens is 402 g/mol. The Morgan fingerprint density at radius 1 is 0.969 bits per heavy atom. The van der Waals surface area contributed by atoms with Crippen molar-refractivity contribution in [3.05, 3.63) is 71.3 Å². The van der Waals surface area contributed by atoms with Crippen molar-refractivity contribution in [1.29, 1.82) is 0 Å². The Bertz CT molecular complexity index is 967. The Kier molecular flexibility index (Phi) is 6.88. The molecule has 3 amide bonds. The van der Waals surface area contributed by atoms with Gasteiger partial charge in [0, 0.05) is 32.1 Å². The Balaban J connectivity index is 1.31. The van der Waals surface area contributed by atoms with Crippen molar-refractivity contribution < 1.29 is 14.4 Å². The van der Waals surface area contributed by atoms with Gasteiger partial charge in [0.05, 0.1) is 6.42 Å². The Hall–Kier alpha value is -3.15. The van der Waals surface area contributed by atoms with Crippen LogP contribution in [0.1, 0.15) is 42.4 Å². The summed E-state index contributed by atoms with van der Waals surface area (Å²) < 4.78 is 0. The molecule has 2 aliphatic rings. The number of nitrogens with zero attached hydrogens (tertiary/aromatic N) is 2. The number of carbonyl (C=O) groups is 3. The maximum Gasteiger partial charge on any atom is 0.243 e. The van der Waals surface area contributed by atoms with Crippen LogP contribution in [0.15, 0.2) is 54.6 Å². The van der Waals surface area contributed by atoms with Crippen LogP contribution in [0, 0.1) is 6.92 Å². The second kappa shape index (κ2) is 9.98. The zero-order valence-corrected chi connectivity index (χ0v) is 18.6. The molecule has 4 rings (SSSR count). The molecule has 6 heteroatoms. The number of likely N-dealkylation sites (tertiary alicyclic amines) is 2. The van der Waals surface area contributed by atoms with E-state index < -0.39 is 6.04 Å². The average molecular weight is 434 g/mol. The van der Waals surface area contributed by atoms with E-state index in [2.05, 4.69) is 5.32 Å². The zero-order valence-electron chi connectivity index (χ0n) is 18.6.